The summed E-state index contributed by atoms with van der Waals surface area (Å²) in [6.07, 6.45) is 1.18. The van der Waals surface area contributed by atoms with Gasteiger partial charge in [-0.3, -0.25) is 10.1 Å². The summed E-state index contributed by atoms with van der Waals surface area (Å²) in [4.78, 5) is 12.5. The van der Waals surface area contributed by atoms with Gasteiger partial charge in [0.1, 0.15) is 18.3 Å². The van der Waals surface area contributed by atoms with Crippen molar-refractivity contribution in [2.75, 3.05) is 6.54 Å². The van der Waals surface area contributed by atoms with Gasteiger partial charge >= 0.3 is 11.9 Å². The van der Waals surface area contributed by atoms with Crippen LogP contribution in [0.2, 0.25) is 5.02 Å². The Bertz CT molecular complexity index is 1370. The van der Waals surface area contributed by atoms with E-state index in [0.717, 1.165) is 12.3 Å². The number of tetrazole rings is 1. The average Bonchev–Trinajstić information content (AvgIpc) is 3.36. The Balaban J connectivity index is 1.68. The van der Waals surface area contributed by atoms with E-state index >= 15 is 4.39 Å². The summed E-state index contributed by atoms with van der Waals surface area (Å²) in [6.45, 7) is -1.26. The predicted molar refractivity (Wildman–Crippen MR) is 125 cm³/mol. The lowest BCUT2D eigenvalue weighted by atomic mass is 10.0. The molecule has 0 saturated heterocycles. The van der Waals surface area contributed by atoms with Crippen molar-refractivity contribution in [3.63, 3.8) is 0 Å². The lowest BCUT2D eigenvalue weighted by molar-refractivity contribution is -0.624. The lowest BCUT2D eigenvalue weighted by Gasteiger charge is -2.36. The largest absolute Gasteiger partial charge is 0.618 e. The quantitative estimate of drug-likeness (QED) is 0.304. The number of nitrogens with zero attached hydrogens (tertiary/aromatic N) is 6. The van der Waals surface area contributed by atoms with Crippen LogP contribution in [-0.4, -0.2) is 48.9 Å². The molecular formula is C22H18Cl2F3N7O3. The molecule has 1 aliphatic heterocycles. The number of pyridine rings is 1. The molecule has 3 aromatic rings. The predicted octanol–water partition coefficient (Wildman–Crippen LogP) is 3.25. The third kappa shape index (κ3) is 5.84. The second-order valence-electron chi connectivity index (χ2n) is 7.97. The SMILES string of the molecule is O=C(O)CC1=C(F)C(NCC(F)(F)c2cccc[n+]2[O-])N(Cc2cc(Cl)ccc2-n2cnnn2)C=C1Cl. The van der Waals surface area contributed by atoms with Crippen molar-refractivity contribution in [3.05, 3.63) is 93.0 Å². The first-order chi connectivity index (χ1) is 17.6. The van der Waals surface area contributed by atoms with Crippen LogP contribution in [-0.2, 0) is 17.3 Å². The highest BCUT2D eigenvalue weighted by atomic mass is 35.5. The van der Waals surface area contributed by atoms with E-state index in [9.17, 15) is 23.9 Å². The Kier molecular flexibility index (Phi) is 7.66. The fraction of sp³-hybridized carbons (Fsp3) is 0.227. The maximum atomic E-state index is 15.6. The van der Waals surface area contributed by atoms with Gasteiger partial charge in [0.05, 0.1) is 23.7 Å². The molecule has 2 N–H and O–H groups in total. The smallest absolute Gasteiger partial charge is 0.343 e. The second kappa shape index (κ2) is 10.7. The number of carboxylic acid groups (broad SMARTS) is 1. The molecule has 0 radical (unpaired) electrons. The first-order valence-corrected chi connectivity index (χ1v) is 11.4. The number of halogens is 5. The first kappa shape index (κ1) is 26.4. The van der Waals surface area contributed by atoms with Gasteiger partial charge in [-0.05, 0) is 40.3 Å². The lowest BCUT2D eigenvalue weighted by Crippen LogP contribution is -2.50. The molecule has 0 amide bonds. The van der Waals surface area contributed by atoms with Crippen LogP contribution in [0.25, 0.3) is 5.69 Å². The van der Waals surface area contributed by atoms with Gasteiger partial charge in [0.15, 0.2) is 6.20 Å². The van der Waals surface area contributed by atoms with E-state index in [1.807, 2.05) is 0 Å². The van der Waals surface area contributed by atoms with Crippen LogP contribution in [0.3, 0.4) is 0 Å². The minimum absolute atomic E-state index is 0.0174. The summed E-state index contributed by atoms with van der Waals surface area (Å²) < 4.78 is 46.8. The van der Waals surface area contributed by atoms with E-state index in [1.54, 1.807) is 18.2 Å². The number of benzene rings is 1. The van der Waals surface area contributed by atoms with Gasteiger partial charge in [-0.1, -0.05) is 23.2 Å². The Morgan fingerprint density at radius 3 is 2.73 bits per heavy atom. The van der Waals surface area contributed by atoms with Gasteiger partial charge in [0.25, 0.3) is 5.69 Å². The highest BCUT2D eigenvalue weighted by molar-refractivity contribution is 6.32. The van der Waals surface area contributed by atoms with Crippen molar-refractivity contribution in [1.29, 1.82) is 0 Å². The second-order valence-corrected chi connectivity index (χ2v) is 8.82. The third-order valence-corrected chi connectivity index (χ3v) is 6.02. The van der Waals surface area contributed by atoms with Gasteiger partial charge in [0.2, 0.25) is 0 Å². The van der Waals surface area contributed by atoms with Crippen LogP contribution < -0.4 is 10.0 Å². The maximum absolute atomic E-state index is 15.6. The number of rotatable bonds is 9. The van der Waals surface area contributed by atoms with Crippen molar-refractivity contribution in [2.45, 2.75) is 25.1 Å². The van der Waals surface area contributed by atoms with Gasteiger partial charge in [-0.2, -0.15) is 13.5 Å². The van der Waals surface area contributed by atoms with Crippen LogP contribution >= 0.6 is 23.2 Å². The van der Waals surface area contributed by atoms with Crippen LogP contribution in [0.1, 0.15) is 17.7 Å². The Labute approximate surface area is 217 Å². The van der Waals surface area contributed by atoms with Crippen LogP contribution in [0, 0.1) is 5.21 Å². The van der Waals surface area contributed by atoms with E-state index in [4.69, 9.17) is 23.2 Å². The zero-order valence-electron chi connectivity index (χ0n) is 18.7. The van der Waals surface area contributed by atoms with Crippen molar-refractivity contribution < 1.29 is 27.8 Å². The van der Waals surface area contributed by atoms with Crippen molar-refractivity contribution in [1.82, 2.24) is 30.4 Å². The van der Waals surface area contributed by atoms with Gasteiger partial charge in [0, 0.05) is 35.5 Å². The summed E-state index contributed by atoms with van der Waals surface area (Å²) in [5, 5.41) is 34.6. The summed E-state index contributed by atoms with van der Waals surface area (Å²) in [5.74, 6) is -6.11. The Morgan fingerprint density at radius 2 is 2.05 bits per heavy atom. The van der Waals surface area contributed by atoms with Crippen molar-refractivity contribution >= 4 is 29.2 Å². The highest BCUT2D eigenvalue weighted by Gasteiger charge is 2.41. The maximum Gasteiger partial charge on any atom is 0.343 e. The van der Waals surface area contributed by atoms with E-state index < -0.39 is 42.5 Å². The summed E-state index contributed by atoms with van der Waals surface area (Å²) >= 11 is 12.4. The van der Waals surface area contributed by atoms with Gasteiger partial charge < -0.3 is 15.2 Å². The molecule has 1 aromatic carbocycles. The van der Waals surface area contributed by atoms with Crippen LogP contribution in [0.5, 0.6) is 0 Å². The fourth-order valence-electron chi connectivity index (χ4n) is 3.79. The van der Waals surface area contributed by atoms with Crippen LogP contribution in [0.15, 0.2) is 71.6 Å². The minimum Gasteiger partial charge on any atom is -0.618 e. The molecule has 2 aromatic heterocycles. The minimum atomic E-state index is -3.69. The zero-order chi connectivity index (χ0) is 26.7. The number of alkyl halides is 2. The van der Waals surface area contributed by atoms with E-state index in [2.05, 4.69) is 20.8 Å². The van der Waals surface area contributed by atoms with E-state index in [-0.39, 0.29) is 21.9 Å². The molecule has 194 valence electrons. The molecule has 1 atom stereocenters. The molecule has 10 nitrogen and oxygen atoms in total. The van der Waals surface area contributed by atoms with Gasteiger partial charge in [-0.25, -0.2) is 9.07 Å². The molecule has 0 spiro atoms. The molecule has 0 saturated carbocycles. The monoisotopic (exact) mass is 555 g/mol. The molecule has 15 heteroatoms. The number of carboxylic acids is 1. The molecule has 4 rings (SSSR count). The molecular weight excluding hydrogens is 538 g/mol. The molecule has 3 heterocycles. The Morgan fingerprint density at radius 1 is 1.27 bits per heavy atom. The molecule has 0 fully saturated rings. The number of hydrogen-bond donors (Lipinski definition) is 2. The van der Waals surface area contributed by atoms with Crippen molar-refractivity contribution in [2.24, 2.45) is 0 Å². The summed E-state index contributed by atoms with van der Waals surface area (Å²) in [5.41, 5.74) is -0.254. The standard InChI is InChI=1S/C22H18Cl2F3N7O3/c23-14-4-5-17(33-12-29-30-31-33)13(7-14)9-32-10-16(24)15(8-19(35)36)20(25)21(32)28-11-22(26,27)18-3-1-2-6-34(18)37/h1-7,10,12,21,28H,8-9,11H2,(H,35,36). The van der Waals surface area contributed by atoms with E-state index in [1.165, 1.54) is 34.2 Å². The molecule has 37 heavy (non-hydrogen) atoms. The summed E-state index contributed by atoms with van der Waals surface area (Å²) in [7, 11) is 0. The number of aromatic nitrogens is 5. The molecule has 0 aliphatic carbocycles. The number of nitrogens with one attached hydrogen (secondary N) is 1. The number of allylic oxidation sites excluding steroid dienone is 1. The normalized spacial score (nSPS) is 16.2. The number of aliphatic carboxylic acids is 1. The highest BCUT2D eigenvalue weighted by Crippen LogP contribution is 2.34. The van der Waals surface area contributed by atoms with E-state index in [0.29, 0.717) is 16.3 Å². The molecule has 1 unspecified atom stereocenters. The van der Waals surface area contributed by atoms with Gasteiger partial charge in [-0.15, -0.1) is 5.10 Å². The first-order valence-electron chi connectivity index (χ1n) is 10.6. The number of carbonyl (C=O) groups is 1. The topological polar surface area (TPSA) is 123 Å². The van der Waals surface area contributed by atoms with Crippen molar-refractivity contribution in [3.8, 4) is 5.69 Å². The number of hydrogen-bond acceptors (Lipinski definition) is 7. The Hall–Kier alpha value is -3.68. The van der Waals surface area contributed by atoms with Crippen LogP contribution in [0.4, 0.5) is 13.2 Å². The molecule has 0 bridgehead atoms. The fourth-order valence-corrected chi connectivity index (χ4v) is 4.26. The average molecular weight is 556 g/mol. The third-order valence-electron chi connectivity index (χ3n) is 5.46. The zero-order valence-corrected chi connectivity index (χ0v) is 20.2. The molecule has 1 aliphatic rings. The summed E-state index contributed by atoms with van der Waals surface area (Å²) in [6, 6.07) is 8.29.